The van der Waals surface area contributed by atoms with Crippen LogP contribution in [0.4, 0.5) is 4.39 Å². The SMILES string of the molecule is N#CC(NCCCN=[N+]=[N-])c1ccccc1F. The van der Waals surface area contributed by atoms with Gasteiger partial charge in [0.2, 0.25) is 0 Å². The zero-order chi connectivity index (χ0) is 12.5. The highest BCUT2D eigenvalue weighted by Gasteiger charge is 2.13. The summed E-state index contributed by atoms with van der Waals surface area (Å²) in [6.45, 7) is 0.852. The van der Waals surface area contributed by atoms with Gasteiger partial charge >= 0.3 is 0 Å². The molecule has 1 aromatic rings. The molecule has 0 spiro atoms. The molecule has 0 heterocycles. The summed E-state index contributed by atoms with van der Waals surface area (Å²) in [5.41, 5.74) is 8.40. The fourth-order valence-electron chi connectivity index (χ4n) is 1.38. The molecule has 0 aliphatic rings. The first-order chi connectivity index (χ1) is 8.29. The molecule has 0 saturated carbocycles. The Morgan fingerprint density at radius 3 is 2.94 bits per heavy atom. The van der Waals surface area contributed by atoms with E-state index >= 15 is 0 Å². The molecule has 1 unspecified atom stereocenters. The van der Waals surface area contributed by atoms with E-state index in [0.717, 1.165) is 0 Å². The maximum absolute atomic E-state index is 13.4. The summed E-state index contributed by atoms with van der Waals surface area (Å²) in [4.78, 5) is 2.62. The molecule has 0 aromatic heterocycles. The monoisotopic (exact) mass is 233 g/mol. The molecule has 0 aliphatic carbocycles. The Kier molecular flexibility index (Phi) is 5.52. The zero-order valence-electron chi connectivity index (χ0n) is 9.17. The third-order valence-electron chi connectivity index (χ3n) is 2.19. The third kappa shape index (κ3) is 4.11. The van der Waals surface area contributed by atoms with Crippen LogP contribution in [-0.2, 0) is 0 Å². The Morgan fingerprint density at radius 1 is 1.53 bits per heavy atom. The fourth-order valence-corrected chi connectivity index (χ4v) is 1.38. The Morgan fingerprint density at radius 2 is 2.29 bits per heavy atom. The van der Waals surface area contributed by atoms with Crippen molar-refractivity contribution in [2.75, 3.05) is 13.1 Å². The van der Waals surface area contributed by atoms with Crippen molar-refractivity contribution in [1.29, 1.82) is 5.26 Å². The van der Waals surface area contributed by atoms with Crippen LogP contribution in [0.2, 0.25) is 0 Å². The van der Waals surface area contributed by atoms with E-state index in [2.05, 4.69) is 15.3 Å². The molecule has 1 rings (SSSR count). The molecule has 17 heavy (non-hydrogen) atoms. The van der Waals surface area contributed by atoms with Gasteiger partial charge in [0.1, 0.15) is 11.9 Å². The number of halogens is 1. The normalized spacial score (nSPS) is 11.3. The van der Waals surface area contributed by atoms with Gasteiger partial charge in [0.25, 0.3) is 0 Å². The van der Waals surface area contributed by atoms with Crippen LogP contribution >= 0.6 is 0 Å². The van der Waals surface area contributed by atoms with Crippen LogP contribution in [0.5, 0.6) is 0 Å². The van der Waals surface area contributed by atoms with E-state index in [4.69, 9.17) is 10.8 Å². The molecule has 5 nitrogen and oxygen atoms in total. The lowest BCUT2D eigenvalue weighted by Crippen LogP contribution is -2.22. The lowest BCUT2D eigenvalue weighted by molar-refractivity contribution is 0.556. The second kappa shape index (κ2) is 7.23. The number of rotatable bonds is 6. The summed E-state index contributed by atoms with van der Waals surface area (Å²) < 4.78 is 13.4. The standard InChI is InChI=1S/C11H12FN5/c12-10-5-2-1-4-9(10)11(8-13)15-6-3-7-16-17-14/h1-2,4-5,11,15H,3,6-7H2. The smallest absolute Gasteiger partial charge is 0.129 e. The maximum Gasteiger partial charge on any atom is 0.129 e. The first kappa shape index (κ1) is 13.0. The molecule has 0 radical (unpaired) electrons. The minimum atomic E-state index is -0.678. The van der Waals surface area contributed by atoms with Gasteiger partial charge in [0, 0.05) is 17.0 Å². The average Bonchev–Trinajstić information content (AvgIpc) is 2.35. The summed E-state index contributed by atoms with van der Waals surface area (Å²) in [5.74, 6) is -0.401. The molecule has 0 fully saturated rings. The lowest BCUT2D eigenvalue weighted by Gasteiger charge is -2.11. The van der Waals surface area contributed by atoms with E-state index in [1.54, 1.807) is 18.2 Å². The van der Waals surface area contributed by atoms with E-state index in [0.29, 0.717) is 25.1 Å². The van der Waals surface area contributed by atoms with Crippen LogP contribution in [0.15, 0.2) is 29.4 Å². The van der Waals surface area contributed by atoms with E-state index in [9.17, 15) is 4.39 Å². The molecule has 0 aliphatic heterocycles. The summed E-state index contributed by atoms with van der Waals surface area (Å²) in [6.07, 6.45) is 0.608. The molecule has 1 atom stereocenters. The average molecular weight is 233 g/mol. The zero-order valence-corrected chi connectivity index (χ0v) is 9.17. The molecule has 6 heteroatoms. The highest BCUT2D eigenvalue weighted by Crippen LogP contribution is 2.15. The minimum absolute atomic E-state index is 0.332. The highest BCUT2D eigenvalue weighted by atomic mass is 19.1. The first-order valence-electron chi connectivity index (χ1n) is 5.18. The van der Waals surface area contributed by atoms with Gasteiger partial charge in [0.15, 0.2) is 0 Å². The fraction of sp³-hybridized carbons (Fsp3) is 0.364. The molecular formula is C11H12FN5. The van der Waals surface area contributed by atoms with Crippen molar-refractivity contribution in [3.8, 4) is 6.07 Å². The predicted molar refractivity (Wildman–Crippen MR) is 61.4 cm³/mol. The van der Waals surface area contributed by atoms with Crippen molar-refractivity contribution in [2.24, 2.45) is 5.11 Å². The van der Waals surface area contributed by atoms with E-state index < -0.39 is 11.9 Å². The number of hydrogen-bond acceptors (Lipinski definition) is 3. The third-order valence-corrected chi connectivity index (χ3v) is 2.19. The minimum Gasteiger partial charge on any atom is -0.298 e. The van der Waals surface area contributed by atoms with Crippen molar-refractivity contribution in [3.05, 3.63) is 46.1 Å². The van der Waals surface area contributed by atoms with Crippen molar-refractivity contribution in [3.63, 3.8) is 0 Å². The second-order valence-corrected chi connectivity index (χ2v) is 3.35. The second-order valence-electron chi connectivity index (χ2n) is 3.35. The van der Waals surface area contributed by atoms with Gasteiger partial charge in [-0.05, 0) is 24.6 Å². The van der Waals surface area contributed by atoms with Crippen LogP contribution < -0.4 is 5.32 Å². The first-order valence-corrected chi connectivity index (χ1v) is 5.18. The maximum atomic E-state index is 13.4. The van der Waals surface area contributed by atoms with Crippen molar-refractivity contribution < 1.29 is 4.39 Å². The highest BCUT2D eigenvalue weighted by molar-refractivity contribution is 5.25. The predicted octanol–water partition coefficient (Wildman–Crippen LogP) is 2.68. The van der Waals surface area contributed by atoms with Crippen LogP contribution in [0.1, 0.15) is 18.0 Å². The Labute approximate surface area is 98.5 Å². The molecule has 0 bridgehead atoms. The number of nitrogens with one attached hydrogen (secondary N) is 1. The van der Waals surface area contributed by atoms with Gasteiger partial charge in [-0.15, -0.1) is 0 Å². The van der Waals surface area contributed by atoms with Gasteiger partial charge < -0.3 is 0 Å². The summed E-state index contributed by atoms with van der Waals surface area (Å²) in [5, 5.41) is 15.2. The lowest BCUT2D eigenvalue weighted by atomic mass is 10.1. The van der Waals surface area contributed by atoms with Crippen LogP contribution in [0.25, 0.3) is 10.4 Å². The largest absolute Gasteiger partial charge is 0.298 e. The Balaban J connectivity index is 2.53. The van der Waals surface area contributed by atoms with Gasteiger partial charge in [-0.25, -0.2) is 4.39 Å². The molecular weight excluding hydrogens is 221 g/mol. The number of nitrogens with zero attached hydrogens (tertiary/aromatic N) is 4. The Bertz CT molecular complexity index is 447. The quantitative estimate of drug-likeness (QED) is 0.354. The van der Waals surface area contributed by atoms with E-state index in [1.165, 1.54) is 6.07 Å². The van der Waals surface area contributed by atoms with Gasteiger partial charge in [-0.3, -0.25) is 5.32 Å². The molecule has 0 amide bonds. The molecule has 1 aromatic carbocycles. The summed E-state index contributed by atoms with van der Waals surface area (Å²) in [6, 6.07) is 7.47. The molecule has 1 N–H and O–H groups in total. The van der Waals surface area contributed by atoms with E-state index in [1.807, 2.05) is 6.07 Å². The topological polar surface area (TPSA) is 84.6 Å². The Hall–Kier alpha value is -2.09. The number of benzene rings is 1. The van der Waals surface area contributed by atoms with Crippen LogP contribution in [-0.4, -0.2) is 13.1 Å². The number of nitriles is 1. The van der Waals surface area contributed by atoms with Crippen LogP contribution in [0, 0.1) is 17.1 Å². The van der Waals surface area contributed by atoms with Crippen molar-refractivity contribution >= 4 is 0 Å². The van der Waals surface area contributed by atoms with Gasteiger partial charge in [0.05, 0.1) is 6.07 Å². The van der Waals surface area contributed by atoms with Gasteiger partial charge in [-0.1, -0.05) is 23.3 Å². The van der Waals surface area contributed by atoms with Crippen LogP contribution in [0.3, 0.4) is 0 Å². The molecule has 0 saturated heterocycles. The van der Waals surface area contributed by atoms with Crippen molar-refractivity contribution in [2.45, 2.75) is 12.5 Å². The van der Waals surface area contributed by atoms with Gasteiger partial charge in [-0.2, -0.15) is 5.26 Å². The number of azide groups is 1. The van der Waals surface area contributed by atoms with E-state index in [-0.39, 0.29) is 0 Å². The number of hydrogen-bond donors (Lipinski definition) is 1. The summed E-state index contributed by atoms with van der Waals surface area (Å²) in [7, 11) is 0. The summed E-state index contributed by atoms with van der Waals surface area (Å²) >= 11 is 0. The van der Waals surface area contributed by atoms with Crippen molar-refractivity contribution in [1.82, 2.24) is 5.32 Å². The molecule has 88 valence electrons.